The van der Waals surface area contributed by atoms with E-state index in [2.05, 4.69) is 15.6 Å². The summed E-state index contributed by atoms with van der Waals surface area (Å²) < 4.78 is 11.0. The van der Waals surface area contributed by atoms with E-state index in [0.717, 1.165) is 5.56 Å². The summed E-state index contributed by atoms with van der Waals surface area (Å²) in [4.78, 5) is 29.1. The molecule has 7 nitrogen and oxygen atoms in total. The summed E-state index contributed by atoms with van der Waals surface area (Å²) in [6.07, 6.45) is 2.28. The van der Waals surface area contributed by atoms with Crippen LogP contribution in [0, 0.1) is 0 Å². The van der Waals surface area contributed by atoms with Crippen LogP contribution >= 0.6 is 0 Å². The van der Waals surface area contributed by atoms with Crippen LogP contribution in [-0.2, 0) is 11.2 Å². The van der Waals surface area contributed by atoms with Gasteiger partial charge in [0, 0.05) is 29.7 Å². The van der Waals surface area contributed by atoms with E-state index in [1.54, 1.807) is 49.7 Å². The Morgan fingerprint density at radius 1 is 0.909 bits per heavy atom. The number of benzene rings is 3. The van der Waals surface area contributed by atoms with Gasteiger partial charge >= 0.3 is 0 Å². The van der Waals surface area contributed by atoms with Gasteiger partial charge in [0.05, 0.1) is 19.0 Å². The first-order valence-corrected chi connectivity index (χ1v) is 10.5. The monoisotopic (exact) mass is 441 g/mol. The first-order valence-electron chi connectivity index (χ1n) is 10.5. The average molecular weight is 441 g/mol. The average Bonchev–Trinajstić information content (AvgIpc) is 3.33. The maximum atomic E-state index is 12.5. The third-order valence-corrected chi connectivity index (χ3v) is 4.96. The summed E-state index contributed by atoms with van der Waals surface area (Å²) in [5, 5.41) is 5.65. The van der Waals surface area contributed by atoms with Gasteiger partial charge in [-0.1, -0.05) is 42.5 Å². The number of rotatable bonds is 8. The molecule has 0 saturated carbocycles. The fourth-order valence-electron chi connectivity index (χ4n) is 3.25. The molecule has 2 amide bonds. The summed E-state index contributed by atoms with van der Waals surface area (Å²) in [5.74, 6) is 1.33. The summed E-state index contributed by atoms with van der Waals surface area (Å²) in [7, 11) is 1.55. The minimum absolute atomic E-state index is 0.166. The molecule has 3 aromatic carbocycles. The predicted molar refractivity (Wildman–Crippen MR) is 126 cm³/mol. The summed E-state index contributed by atoms with van der Waals surface area (Å²) in [5.41, 5.74) is 2.60. The topological polar surface area (TPSA) is 93.5 Å². The van der Waals surface area contributed by atoms with Gasteiger partial charge in [-0.2, -0.15) is 0 Å². The zero-order chi connectivity index (χ0) is 23.0. The highest BCUT2D eigenvalue weighted by atomic mass is 16.5. The highest BCUT2D eigenvalue weighted by Crippen LogP contribution is 2.24. The van der Waals surface area contributed by atoms with E-state index in [0.29, 0.717) is 40.8 Å². The van der Waals surface area contributed by atoms with Gasteiger partial charge in [0.2, 0.25) is 5.91 Å². The van der Waals surface area contributed by atoms with E-state index >= 15 is 0 Å². The molecule has 0 aliphatic heterocycles. The Balaban J connectivity index is 1.29. The fourth-order valence-corrected chi connectivity index (χ4v) is 3.25. The third kappa shape index (κ3) is 5.65. The maximum absolute atomic E-state index is 12.5. The molecule has 166 valence electrons. The van der Waals surface area contributed by atoms with Gasteiger partial charge in [-0.15, -0.1) is 0 Å². The van der Waals surface area contributed by atoms with E-state index in [4.69, 9.17) is 9.15 Å². The van der Waals surface area contributed by atoms with Gasteiger partial charge in [-0.25, -0.2) is 4.98 Å². The second-order valence-electron chi connectivity index (χ2n) is 7.26. The molecule has 2 N–H and O–H groups in total. The number of aromatic nitrogens is 1. The number of carbonyl (C=O) groups excluding carboxylic acids is 2. The molecule has 1 aromatic heterocycles. The van der Waals surface area contributed by atoms with Gasteiger partial charge in [-0.05, 0) is 36.4 Å². The van der Waals surface area contributed by atoms with Crippen molar-refractivity contribution in [2.24, 2.45) is 0 Å². The number of amides is 2. The number of nitrogens with zero attached hydrogens (tertiary/aromatic N) is 1. The number of nitrogens with one attached hydrogen (secondary N) is 2. The number of hydrogen-bond acceptors (Lipinski definition) is 5. The van der Waals surface area contributed by atoms with Crippen LogP contribution in [0.3, 0.4) is 0 Å². The molecule has 0 radical (unpaired) electrons. The van der Waals surface area contributed by atoms with Crippen molar-refractivity contribution in [1.82, 2.24) is 4.98 Å². The largest absolute Gasteiger partial charge is 0.495 e. The first-order chi connectivity index (χ1) is 16.1. The molecule has 0 bridgehead atoms. The Bertz CT molecular complexity index is 1230. The van der Waals surface area contributed by atoms with Crippen LogP contribution in [0.4, 0.5) is 11.4 Å². The molecule has 0 saturated heterocycles. The zero-order valence-electron chi connectivity index (χ0n) is 18.1. The lowest BCUT2D eigenvalue weighted by molar-refractivity contribution is -0.116. The number of carbonyl (C=O) groups is 2. The third-order valence-electron chi connectivity index (χ3n) is 4.96. The molecule has 0 aliphatic carbocycles. The van der Waals surface area contributed by atoms with Crippen LogP contribution in [0.25, 0.3) is 11.3 Å². The van der Waals surface area contributed by atoms with Crippen molar-refractivity contribution in [3.8, 4) is 17.1 Å². The van der Waals surface area contributed by atoms with E-state index in [9.17, 15) is 9.59 Å². The van der Waals surface area contributed by atoms with Crippen LogP contribution in [0.1, 0.15) is 22.7 Å². The van der Waals surface area contributed by atoms with Crippen LogP contribution < -0.4 is 15.4 Å². The van der Waals surface area contributed by atoms with Gasteiger partial charge in [0.25, 0.3) is 5.91 Å². The first kappa shape index (κ1) is 21.8. The van der Waals surface area contributed by atoms with E-state index in [1.165, 1.54) is 0 Å². The van der Waals surface area contributed by atoms with Crippen LogP contribution in [0.2, 0.25) is 0 Å². The van der Waals surface area contributed by atoms with E-state index < -0.39 is 0 Å². The molecule has 0 spiro atoms. The molecule has 0 atom stereocenters. The molecule has 4 rings (SSSR count). The molecule has 7 heteroatoms. The number of para-hydroxylation sites is 2. The number of ether oxygens (including phenoxy) is 1. The zero-order valence-corrected chi connectivity index (χ0v) is 18.1. The SMILES string of the molecule is COc1ccccc1NC(=O)c1ccc(NC(=O)CCc2ncc(-c3ccccc3)o2)cc1. The van der Waals surface area contributed by atoms with Gasteiger partial charge in [-0.3, -0.25) is 9.59 Å². The minimum atomic E-state index is -0.268. The van der Waals surface area contributed by atoms with Gasteiger partial charge in [0.1, 0.15) is 5.75 Å². The Morgan fingerprint density at radius 2 is 1.64 bits per heavy atom. The van der Waals surface area contributed by atoms with E-state index in [1.807, 2.05) is 42.5 Å². The number of hydrogen-bond donors (Lipinski definition) is 2. The van der Waals surface area contributed by atoms with Crippen molar-refractivity contribution < 1.29 is 18.7 Å². The van der Waals surface area contributed by atoms with Gasteiger partial charge < -0.3 is 19.8 Å². The standard InChI is InChI=1S/C26H23N3O4/c1-32-22-10-6-5-9-21(22)29-26(31)19-11-13-20(14-12-19)28-24(30)15-16-25-27-17-23(33-25)18-7-3-2-4-8-18/h2-14,17H,15-16H2,1H3,(H,28,30)(H,29,31). The molecule has 0 aliphatic rings. The minimum Gasteiger partial charge on any atom is -0.495 e. The molecule has 33 heavy (non-hydrogen) atoms. The quantitative estimate of drug-likeness (QED) is 0.393. The predicted octanol–water partition coefficient (Wildman–Crippen LogP) is 5.17. The molecular weight excluding hydrogens is 418 g/mol. The molecule has 0 unspecified atom stereocenters. The lowest BCUT2D eigenvalue weighted by Gasteiger charge is -2.10. The van der Waals surface area contributed by atoms with Crippen molar-refractivity contribution in [2.75, 3.05) is 17.7 Å². The Hall–Kier alpha value is -4.39. The maximum Gasteiger partial charge on any atom is 0.255 e. The van der Waals surface area contributed by atoms with Crippen molar-refractivity contribution in [2.45, 2.75) is 12.8 Å². The second-order valence-corrected chi connectivity index (χ2v) is 7.26. The number of oxazole rings is 1. The second kappa shape index (κ2) is 10.3. The van der Waals surface area contributed by atoms with Crippen molar-refractivity contribution in [1.29, 1.82) is 0 Å². The molecular formula is C26H23N3O4. The molecule has 0 fully saturated rings. The Morgan fingerprint density at radius 3 is 2.39 bits per heavy atom. The summed E-state index contributed by atoms with van der Waals surface area (Å²) in [6.45, 7) is 0. The Kier molecular flexibility index (Phi) is 6.80. The van der Waals surface area contributed by atoms with Crippen molar-refractivity contribution in [3.05, 3.63) is 96.5 Å². The lowest BCUT2D eigenvalue weighted by Crippen LogP contribution is -2.14. The van der Waals surface area contributed by atoms with Crippen molar-refractivity contribution in [3.63, 3.8) is 0 Å². The number of aryl methyl sites for hydroxylation is 1. The van der Waals surface area contributed by atoms with Crippen LogP contribution in [0.15, 0.2) is 89.5 Å². The number of anilines is 2. The Labute approximate surface area is 191 Å². The van der Waals surface area contributed by atoms with E-state index in [-0.39, 0.29) is 18.2 Å². The highest BCUT2D eigenvalue weighted by Gasteiger charge is 2.11. The normalized spacial score (nSPS) is 10.5. The highest BCUT2D eigenvalue weighted by molar-refractivity contribution is 6.05. The van der Waals surface area contributed by atoms with Crippen LogP contribution in [0.5, 0.6) is 5.75 Å². The smallest absolute Gasteiger partial charge is 0.255 e. The fraction of sp³-hybridized carbons (Fsp3) is 0.115. The van der Waals surface area contributed by atoms with Crippen molar-refractivity contribution >= 4 is 23.2 Å². The lowest BCUT2D eigenvalue weighted by atomic mass is 10.1. The van der Waals surface area contributed by atoms with Crippen LogP contribution in [-0.4, -0.2) is 23.9 Å². The summed E-state index contributed by atoms with van der Waals surface area (Å²) in [6, 6.07) is 23.5. The van der Waals surface area contributed by atoms with Gasteiger partial charge in [0.15, 0.2) is 11.7 Å². The molecule has 4 aromatic rings. The summed E-state index contributed by atoms with van der Waals surface area (Å²) >= 11 is 0. The molecule has 1 heterocycles. The number of methoxy groups -OCH3 is 1.